The van der Waals surface area contributed by atoms with Crippen molar-refractivity contribution in [3.63, 3.8) is 0 Å². The molecule has 0 fully saturated rings. The summed E-state index contributed by atoms with van der Waals surface area (Å²) in [5.41, 5.74) is 0.795. The van der Waals surface area contributed by atoms with E-state index in [4.69, 9.17) is 0 Å². The number of hydrogen-bond acceptors (Lipinski definition) is 2. The van der Waals surface area contributed by atoms with Crippen molar-refractivity contribution in [1.29, 1.82) is 0 Å². The second-order valence-corrected chi connectivity index (χ2v) is 4.72. The fraction of sp³-hybridized carbons (Fsp3) is 0.500. The van der Waals surface area contributed by atoms with E-state index in [0.29, 0.717) is 17.3 Å². The second-order valence-electron chi connectivity index (χ2n) is 3.86. The molecule has 0 radical (unpaired) electrons. The van der Waals surface area contributed by atoms with Gasteiger partial charge in [-0.2, -0.15) is 0 Å². The lowest BCUT2D eigenvalue weighted by molar-refractivity contribution is 0.0147. The fourth-order valence-corrected chi connectivity index (χ4v) is 2.05. The van der Waals surface area contributed by atoms with Crippen molar-refractivity contribution >= 4 is 15.9 Å². The Kier molecular flexibility index (Phi) is 5.38. The van der Waals surface area contributed by atoms with Gasteiger partial charge in [0.2, 0.25) is 0 Å². The maximum Gasteiger partial charge on any atom is 0.124 e. The zero-order chi connectivity index (χ0) is 12.1. The molecule has 0 aliphatic heterocycles. The van der Waals surface area contributed by atoms with Crippen LogP contribution in [0.1, 0.15) is 25.3 Å². The summed E-state index contributed by atoms with van der Waals surface area (Å²) in [7, 11) is 0. The summed E-state index contributed by atoms with van der Waals surface area (Å²) in [6, 6.07) is 4.31. The minimum absolute atomic E-state index is 0.320. The van der Waals surface area contributed by atoms with Crippen LogP contribution in [0.4, 0.5) is 4.39 Å². The van der Waals surface area contributed by atoms with Gasteiger partial charge in [-0.05, 0) is 24.1 Å². The molecule has 2 N–H and O–H groups in total. The minimum Gasteiger partial charge on any atom is -0.390 e. The van der Waals surface area contributed by atoms with Gasteiger partial charge in [-0.1, -0.05) is 35.3 Å². The Morgan fingerprint density at radius 2 is 2.00 bits per heavy atom. The molecule has 16 heavy (non-hydrogen) atoms. The molecule has 0 saturated carbocycles. The van der Waals surface area contributed by atoms with Gasteiger partial charge in [0, 0.05) is 10.9 Å². The molecule has 0 amide bonds. The largest absolute Gasteiger partial charge is 0.390 e. The highest BCUT2D eigenvalue weighted by atomic mass is 79.9. The van der Waals surface area contributed by atoms with Crippen molar-refractivity contribution in [2.45, 2.75) is 38.4 Å². The Balaban J connectivity index is 2.65. The van der Waals surface area contributed by atoms with Crippen molar-refractivity contribution in [2.75, 3.05) is 0 Å². The maximum atomic E-state index is 12.8. The van der Waals surface area contributed by atoms with Gasteiger partial charge in [0.25, 0.3) is 0 Å². The standard InChI is InChI=1S/C12H16BrFO2/c1-2-3-11(15)12(16)6-8-4-5-9(14)7-10(8)13/h4-5,7,11-12,15-16H,2-3,6H2,1H3. The third kappa shape index (κ3) is 3.85. The quantitative estimate of drug-likeness (QED) is 0.875. The summed E-state index contributed by atoms with van der Waals surface area (Å²) >= 11 is 3.23. The van der Waals surface area contributed by atoms with Crippen molar-refractivity contribution in [3.05, 3.63) is 34.1 Å². The van der Waals surface area contributed by atoms with Crippen LogP contribution >= 0.6 is 15.9 Å². The van der Waals surface area contributed by atoms with Gasteiger partial charge in [0.1, 0.15) is 5.82 Å². The highest BCUT2D eigenvalue weighted by Crippen LogP contribution is 2.20. The Bertz CT molecular complexity index is 344. The fourth-order valence-electron chi connectivity index (χ4n) is 1.54. The van der Waals surface area contributed by atoms with Crippen LogP contribution in [-0.2, 0) is 6.42 Å². The van der Waals surface area contributed by atoms with E-state index in [2.05, 4.69) is 15.9 Å². The summed E-state index contributed by atoms with van der Waals surface area (Å²) in [6.45, 7) is 1.95. The van der Waals surface area contributed by atoms with Crippen LogP contribution in [0.15, 0.2) is 22.7 Å². The highest BCUT2D eigenvalue weighted by molar-refractivity contribution is 9.10. The average Bonchev–Trinajstić information content (AvgIpc) is 2.22. The Morgan fingerprint density at radius 3 is 2.56 bits per heavy atom. The van der Waals surface area contributed by atoms with E-state index >= 15 is 0 Å². The number of aliphatic hydroxyl groups excluding tert-OH is 2. The van der Waals surface area contributed by atoms with Crippen LogP contribution < -0.4 is 0 Å². The number of hydrogen-bond donors (Lipinski definition) is 2. The number of halogens is 2. The molecule has 0 aromatic heterocycles. The van der Waals surface area contributed by atoms with Crippen LogP contribution in [0.3, 0.4) is 0 Å². The van der Waals surface area contributed by atoms with Crippen LogP contribution in [0.25, 0.3) is 0 Å². The Hall–Kier alpha value is -0.450. The molecule has 2 atom stereocenters. The number of rotatable bonds is 5. The average molecular weight is 291 g/mol. The lowest BCUT2D eigenvalue weighted by Gasteiger charge is -2.17. The van der Waals surface area contributed by atoms with E-state index in [9.17, 15) is 14.6 Å². The van der Waals surface area contributed by atoms with Gasteiger partial charge in [0.05, 0.1) is 12.2 Å². The summed E-state index contributed by atoms with van der Waals surface area (Å²) < 4.78 is 13.4. The molecule has 0 aliphatic carbocycles. The van der Waals surface area contributed by atoms with Crippen molar-refractivity contribution in [2.24, 2.45) is 0 Å². The first-order chi connectivity index (χ1) is 7.54. The minimum atomic E-state index is -0.804. The lowest BCUT2D eigenvalue weighted by atomic mass is 10.0. The van der Waals surface area contributed by atoms with Gasteiger partial charge in [-0.25, -0.2) is 4.39 Å². The van der Waals surface area contributed by atoms with Crippen molar-refractivity contribution in [1.82, 2.24) is 0 Å². The Labute approximate surface area is 103 Å². The smallest absolute Gasteiger partial charge is 0.124 e. The molecule has 2 unspecified atom stereocenters. The molecule has 0 heterocycles. The van der Waals surface area contributed by atoms with Gasteiger partial charge in [-0.15, -0.1) is 0 Å². The van der Waals surface area contributed by atoms with Gasteiger partial charge in [0.15, 0.2) is 0 Å². The maximum absolute atomic E-state index is 12.8. The first-order valence-corrected chi connectivity index (χ1v) is 6.14. The summed E-state index contributed by atoms with van der Waals surface area (Å²) in [5.74, 6) is -0.320. The zero-order valence-corrected chi connectivity index (χ0v) is 10.7. The van der Waals surface area contributed by atoms with E-state index in [1.54, 1.807) is 6.07 Å². The van der Waals surface area contributed by atoms with Crippen LogP contribution in [-0.4, -0.2) is 22.4 Å². The van der Waals surface area contributed by atoms with Crippen molar-refractivity contribution < 1.29 is 14.6 Å². The van der Waals surface area contributed by atoms with E-state index in [0.717, 1.165) is 12.0 Å². The third-order valence-corrected chi connectivity index (χ3v) is 3.21. The molecule has 90 valence electrons. The first-order valence-electron chi connectivity index (χ1n) is 5.34. The lowest BCUT2D eigenvalue weighted by Crippen LogP contribution is -2.27. The molecule has 2 nitrogen and oxygen atoms in total. The highest BCUT2D eigenvalue weighted by Gasteiger charge is 2.17. The summed E-state index contributed by atoms with van der Waals surface area (Å²) in [5, 5.41) is 19.3. The van der Waals surface area contributed by atoms with Crippen LogP contribution in [0, 0.1) is 5.82 Å². The number of benzene rings is 1. The molecule has 1 aromatic carbocycles. The molecule has 1 aromatic rings. The summed E-state index contributed by atoms with van der Waals surface area (Å²) in [6.07, 6.45) is 0.189. The number of aliphatic hydroxyl groups is 2. The molecule has 1 rings (SSSR count). The third-order valence-electron chi connectivity index (χ3n) is 2.47. The topological polar surface area (TPSA) is 40.5 Å². The van der Waals surface area contributed by atoms with Gasteiger partial charge >= 0.3 is 0 Å². The predicted molar refractivity (Wildman–Crippen MR) is 64.7 cm³/mol. The molecular weight excluding hydrogens is 275 g/mol. The van der Waals surface area contributed by atoms with Gasteiger partial charge < -0.3 is 10.2 Å². The SMILES string of the molecule is CCCC(O)C(O)Cc1ccc(F)cc1Br. The molecular formula is C12H16BrFO2. The zero-order valence-electron chi connectivity index (χ0n) is 9.16. The molecule has 0 aliphatic rings. The van der Waals surface area contributed by atoms with Gasteiger partial charge in [-0.3, -0.25) is 0 Å². The summed E-state index contributed by atoms with van der Waals surface area (Å²) in [4.78, 5) is 0. The second kappa shape index (κ2) is 6.33. The monoisotopic (exact) mass is 290 g/mol. The predicted octanol–water partition coefficient (Wildman–Crippen LogP) is 2.65. The molecule has 0 spiro atoms. The normalized spacial score (nSPS) is 14.8. The van der Waals surface area contributed by atoms with E-state index in [-0.39, 0.29) is 5.82 Å². The van der Waals surface area contributed by atoms with Crippen LogP contribution in [0.5, 0.6) is 0 Å². The van der Waals surface area contributed by atoms with Crippen LogP contribution in [0.2, 0.25) is 0 Å². The molecule has 0 bridgehead atoms. The molecule has 4 heteroatoms. The van der Waals surface area contributed by atoms with E-state index < -0.39 is 12.2 Å². The van der Waals surface area contributed by atoms with E-state index in [1.165, 1.54) is 12.1 Å². The Morgan fingerprint density at radius 1 is 1.31 bits per heavy atom. The first kappa shape index (κ1) is 13.6. The molecule has 0 saturated heterocycles. The van der Waals surface area contributed by atoms with E-state index in [1.807, 2.05) is 6.92 Å². The van der Waals surface area contributed by atoms with Crippen molar-refractivity contribution in [3.8, 4) is 0 Å².